The van der Waals surface area contributed by atoms with E-state index in [0.29, 0.717) is 12.8 Å². The van der Waals surface area contributed by atoms with Crippen LogP contribution in [0.5, 0.6) is 0 Å². The number of carbonyl (C=O) groups is 2. The number of quaternary nitrogens is 1. The number of hydrogen-bond donors (Lipinski definition) is 1. The van der Waals surface area contributed by atoms with Gasteiger partial charge in [-0.25, -0.2) is 0 Å². The molecule has 67 heavy (non-hydrogen) atoms. The lowest BCUT2D eigenvalue weighted by Crippen LogP contribution is -2.50. The summed E-state index contributed by atoms with van der Waals surface area (Å²) in [5.74, 6) is 0.121. The molecular weight excluding hydrogens is 819 g/mol. The van der Waals surface area contributed by atoms with E-state index in [1.165, 1.54) is 220 Å². The van der Waals surface area contributed by atoms with Crippen molar-refractivity contribution < 1.29 is 14.1 Å². The molecule has 5 nitrogen and oxygen atoms in total. The fraction of sp³-hybridized carbons (Fsp3) is 0.742. The second-order valence-corrected chi connectivity index (χ2v) is 21.9. The first kappa shape index (κ1) is 58.4. The van der Waals surface area contributed by atoms with Crippen LogP contribution >= 0.6 is 0 Å². The van der Waals surface area contributed by atoms with Crippen molar-refractivity contribution in [3.63, 3.8) is 0 Å². The summed E-state index contributed by atoms with van der Waals surface area (Å²) in [4.78, 5) is 31.0. The van der Waals surface area contributed by atoms with Crippen LogP contribution in [0.15, 0.2) is 54.6 Å². The number of hydrogen-bond acceptors (Lipinski definition) is 2. The second-order valence-electron chi connectivity index (χ2n) is 21.9. The van der Waals surface area contributed by atoms with E-state index in [2.05, 4.69) is 99.8 Å². The summed E-state index contributed by atoms with van der Waals surface area (Å²) < 4.78 is 0.941. The van der Waals surface area contributed by atoms with Gasteiger partial charge in [-0.2, -0.15) is 0 Å². The number of carbonyl (C=O) groups excluding carboxylic acids is 2. The van der Waals surface area contributed by atoms with E-state index in [-0.39, 0.29) is 11.8 Å². The molecule has 2 amide bonds. The Kier molecular flexibility index (Phi) is 33.0. The summed E-state index contributed by atoms with van der Waals surface area (Å²) in [6.45, 7) is 7.26. The highest BCUT2D eigenvalue weighted by molar-refractivity contribution is 6.03. The highest BCUT2D eigenvalue weighted by Gasteiger charge is 2.27. The highest BCUT2D eigenvalue weighted by Crippen LogP contribution is 2.30. The fourth-order valence-electron chi connectivity index (χ4n) is 10.3. The second kappa shape index (κ2) is 37.9. The average Bonchev–Trinajstić information content (AvgIpc) is 3.32. The summed E-state index contributed by atoms with van der Waals surface area (Å²) in [7, 11) is 6.68. The molecule has 0 saturated heterocycles. The topological polar surface area (TPSA) is 49.4 Å². The molecule has 3 aromatic rings. The number of amides is 2. The van der Waals surface area contributed by atoms with E-state index < -0.39 is 6.04 Å². The van der Waals surface area contributed by atoms with Crippen molar-refractivity contribution in [2.24, 2.45) is 0 Å². The molecule has 0 radical (unpaired) electrons. The lowest BCUT2D eigenvalue weighted by Gasteiger charge is -2.29. The van der Waals surface area contributed by atoms with Gasteiger partial charge < -0.3 is 14.7 Å². The molecule has 5 heteroatoms. The van der Waals surface area contributed by atoms with Gasteiger partial charge in [0.25, 0.3) is 0 Å². The van der Waals surface area contributed by atoms with E-state index in [1.807, 2.05) is 0 Å². The van der Waals surface area contributed by atoms with Gasteiger partial charge in [-0.05, 0) is 65.3 Å². The maximum atomic E-state index is 15.0. The first-order valence-electron chi connectivity index (χ1n) is 29.0. The fourth-order valence-corrected chi connectivity index (χ4v) is 10.3. The molecule has 0 fully saturated rings. The van der Waals surface area contributed by atoms with Gasteiger partial charge in [0, 0.05) is 25.9 Å². The summed E-state index contributed by atoms with van der Waals surface area (Å²) in [5, 5.41) is 8.08. The molecule has 3 aromatic carbocycles. The van der Waals surface area contributed by atoms with Gasteiger partial charge in [0.15, 0.2) is 0 Å². The van der Waals surface area contributed by atoms with Crippen molar-refractivity contribution in [3.8, 4) is 0 Å². The van der Waals surface area contributed by atoms with Gasteiger partial charge >= 0.3 is 0 Å². The van der Waals surface area contributed by atoms with Gasteiger partial charge in [-0.15, -0.1) is 0 Å². The first-order chi connectivity index (χ1) is 32.7. The van der Waals surface area contributed by atoms with Crippen LogP contribution in [0.2, 0.25) is 0 Å². The number of rotatable bonds is 44. The third-order valence-electron chi connectivity index (χ3n) is 14.5. The van der Waals surface area contributed by atoms with Crippen molar-refractivity contribution in [3.05, 3.63) is 60.2 Å². The molecule has 0 saturated carbocycles. The van der Waals surface area contributed by atoms with Crippen molar-refractivity contribution in [2.75, 3.05) is 40.8 Å². The predicted octanol–water partition coefficient (Wildman–Crippen LogP) is 17.6. The van der Waals surface area contributed by atoms with Crippen LogP contribution in [0.3, 0.4) is 0 Å². The third-order valence-corrected chi connectivity index (χ3v) is 14.5. The van der Waals surface area contributed by atoms with E-state index >= 15 is 4.79 Å². The summed E-state index contributed by atoms with van der Waals surface area (Å²) >= 11 is 0. The Hall–Kier alpha value is -2.92. The molecule has 1 atom stereocenters. The van der Waals surface area contributed by atoms with Gasteiger partial charge in [-0.1, -0.05) is 255 Å². The van der Waals surface area contributed by atoms with Crippen molar-refractivity contribution >= 4 is 33.4 Å². The molecule has 3 rings (SSSR count). The van der Waals surface area contributed by atoms with Crippen molar-refractivity contribution in [1.82, 2.24) is 10.2 Å². The van der Waals surface area contributed by atoms with E-state index in [0.717, 1.165) is 56.2 Å². The zero-order valence-electron chi connectivity index (χ0n) is 44.8. The minimum absolute atomic E-state index is 0.0120. The maximum absolute atomic E-state index is 15.0. The van der Waals surface area contributed by atoms with Crippen LogP contribution in [0.25, 0.3) is 21.5 Å². The standard InChI is InChI=1S/C62H105N3O2/c1-6-8-10-12-14-16-18-20-22-24-26-28-30-32-34-42-50-64(51-43-35-33-31-29-27-25-23-21-19-17-15-13-11-9-7-2)62(67)60(63-61(66)49-37-36-44-52-65(3,4)5)54-59-57-47-40-38-45-55(57)53-56-46-39-41-48-58(56)59/h38-41,45-48,53,60H,6-37,42-44,49-52,54H2,1-5H3/p+1. The molecule has 0 heterocycles. The van der Waals surface area contributed by atoms with E-state index in [1.54, 1.807) is 0 Å². The number of benzene rings is 3. The van der Waals surface area contributed by atoms with Crippen LogP contribution in [0.1, 0.15) is 251 Å². The van der Waals surface area contributed by atoms with Crippen molar-refractivity contribution in [1.29, 1.82) is 0 Å². The SMILES string of the molecule is CCCCCCCCCCCCCCCCCCN(CCCCCCCCCCCCCCCCCC)C(=O)C(Cc1c2ccccc2cc2ccccc12)NC(=O)CCCCC[N+](C)(C)C. The van der Waals surface area contributed by atoms with Gasteiger partial charge in [-0.3, -0.25) is 9.59 Å². The Morgan fingerprint density at radius 3 is 1.18 bits per heavy atom. The number of nitrogens with one attached hydrogen (secondary N) is 1. The Morgan fingerprint density at radius 1 is 0.463 bits per heavy atom. The predicted molar refractivity (Wildman–Crippen MR) is 294 cm³/mol. The Bertz CT molecular complexity index is 1590. The molecule has 0 spiro atoms. The Morgan fingerprint density at radius 2 is 0.806 bits per heavy atom. The molecule has 0 aliphatic rings. The minimum atomic E-state index is -0.588. The van der Waals surface area contributed by atoms with Gasteiger partial charge in [0.05, 0.1) is 27.7 Å². The van der Waals surface area contributed by atoms with Gasteiger partial charge in [0.1, 0.15) is 6.04 Å². The van der Waals surface area contributed by atoms with Crippen LogP contribution in [0, 0.1) is 0 Å². The summed E-state index contributed by atoms with van der Waals surface area (Å²) in [6, 6.07) is 18.8. The van der Waals surface area contributed by atoms with E-state index in [9.17, 15) is 4.79 Å². The minimum Gasteiger partial charge on any atom is -0.344 e. The quantitative estimate of drug-likeness (QED) is 0.0349. The highest BCUT2D eigenvalue weighted by atomic mass is 16.2. The first-order valence-corrected chi connectivity index (χ1v) is 29.0. The molecular formula is C62H106N3O2+. The molecule has 380 valence electrons. The molecule has 0 aliphatic heterocycles. The monoisotopic (exact) mass is 925 g/mol. The van der Waals surface area contributed by atoms with Crippen LogP contribution < -0.4 is 5.32 Å². The number of unbranched alkanes of at least 4 members (excludes halogenated alkanes) is 32. The lowest BCUT2D eigenvalue weighted by atomic mass is 9.92. The molecule has 1 unspecified atom stereocenters. The zero-order chi connectivity index (χ0) is 48.1. The largest absolute Gasteiger partial charge is 0.344 e. The Balaban J connectivity index is 1.58. The normalized spacial score (nSPS) is 12.3. The zero-order valence-corrected chi connectivity index (χ0v) is 44.8. The van der Waals surface area contributed by atoms with Crippen LogP contribution in [-0.4, -0.2) is 68.0 Å². The van der Waals surface area contributed by atoms with Gasteiger partial charge in [0.2, 0.25) is 11.8 Å². The Labute approximate surface area is 414 Å². The molecule has 0 aromatic heterocycles. The molecule has 0 bridgehead atoms. The smallest absolute Gasteiger partial charge is 0.245 e. The molecule has 0 aliphatic carbocycles. The maximum Gasteiger partial charge on any atom is 0.245 e. The number of nitrogens with zero attached hydrogens (tertiary/aromatic N) is 2. The number of fused-ring (bicyclic) bond motifs is 2. The van der Waals surface area contributed by atoms with E-state index in [4.69, 9.17) is 0 Å². The average molecular weight is 926 g/mol. The summed E-state index contributed by atoms with van der Waals surface area (Å²) in [6.07, 6.45) is 46.9. The van der Waals surface area contributed by atoms with Crippen molar-refractivity contribution in [2.45, 2.75) is 257 Å². The third kappa shape index (κ3) is 27.8. The summed E-state index contributed by atoms with van der Waals surface area (Å²) in [5.41, 5.74) is 1.17. The van der Waals surface area contributed by atoms with Crippen LogP contribution in [-0.2, 0) is 16.0 Å². The van der Waals surface area contributed by atoms with Crippen LogP contribution in [0.4, 0.5) is 0 Å². The molecule has 1 N–H and O–H groups in total. The lowest BCUT2D eigenvalue weighted by molar-refractivity contribution is -0.870.